The number of anilines is 2. The molecule has 1 amide bonds. The van der Waals surface area contributed by atoms with Crippen molar-refractivity contribution in [2.24, 2.45) is 0 Å². The van der Waals surface area contributed by atoms with Crippen molar-refractivity contribution in [1.29, 1.82) is 0 Å². The summed E-state index contributed by atoms with van der Waals surface area (Å²) in [5.74, 6) is 1.25. The van der Waals surface area contributed by atoms with Crippen LogP contribution < -0.4 is 15.4 Å². The molecular formula is C19H26N4O2. The van der Waals surface area contributed by atoms with Gasteiger partial charge in [-0.15, -0.1) is 0 Å². The first-order valence-electron chi connectivity index (χ1n) is 8.74. The van der Waals surface area contributed by atoms with Crippen molar-refractivity contribution in [3.63, 3.8) is 0 Å². The van der Waals surface area contributed by atoms with Crippen LogP contribution in [0.4, 0.5) is 11.8 Å². The number of nitrogens with zero attached hydrogens (tertiary/aromatic N) is 2. The minimum absolute atomic E-state index is 0.202. The SMILES string of the molecule is CCCCCCNc1nc(NC(C)=O)ncc1OCc1ccccc1. The molecule has 1 aromatic carbocycles. The van der Waals surface area contributed by atoms with Gasteiger partial charge in [-0.1, -0.05) is 56.5 Å². The van der Waals surface area contributed by atoms with Gasteiger partial charge in [0.15, 0.2) is 11.6 Å². The summed E-state index contributed by atoms with van der Waals surface area (Å²) in [4.78, 5) is 19.7. The summed E-state index contributed by atoms with van der Waals surface area (Å²) in [6, 6.07) is 9.93. The lowest BCUT2D eigenvalue weighted by molar-refractivity contribution is -0.114. The molecule has 0 aliphatic rings. The first-order chi connectivity index (χ1) is 12.2. The second kappa shape index (κ2) is 10.3. The minimum atomic E-state index is -0.202. The van der Waals surface area contributed by atoms with E-state index in [0.717, 1.165) is 18.5 Å². The zero-order chi connectivity index (χ0) is 17.9. The van der Waals surface area contributed by atoms with E-state index in [0.29, 0.717) is 18.2 Å². The number of aromatic nitrogens is 2. The lowest BCUT2D eigenvalue weighted by atomic mass is 10.2. The lowest BCUT2D eigenvalue weighted by Crippen LogP contribution is -2.12. The Bertz CT molecular complexity index is 662. The quantitative estimate of drug-likeness (QED) is 0.638. The summed E-state index contributed by atoms with van der Waals surface area (Å²) in [5.41, 5.74) is 1.07. The van der Waals surface area contributed by atoms with Crippen molar-refractivity contribution in [2.75, 3.05) is 17.2 Å². The predicted octanol–water partition coefficient (Wildman–Crippen LogP) is 4.01. The number of amides is 1. The number of hydrogen-bond acceptors (Lipinski definition) is 5. The number of hydrogen-bond donors (Lipinski definition) is 2. The topological polar surface area (TPSA) is 76.1 Å². The fourth-order valence-corrected chi connectivity index (χ4v) is 2.31. The lowest BCUT2D eigenvalue weighted by Gasteiger charge is -2.13. The van der Waals surface area contributed by atoms with E-state index < -0.39 is 0 Å². The van der Waals surface area contributed by atoms with Crippen molar-refractivity contribution in [2.45, 2.75) is 46.1 Å². The van der Waals surface area contributed by atoms with E-state index in [1.54, 1.807) is 6.20 Å². The highest BCUT2D eigenvalue weighted by Gasteiger charge is 2.09. The van der Waals surface area contributed by atoms with Crippen LogP contribution >= 0.6 is 0 Å². The number of rotatable bonds is 10. The summed E-state index contributed by atoms with van der Waals surface area (Å²) in [5, 5.41) is 5.89. The molecule has 1 heterocycles. The van der Waals surface area contributed by atoms with Gasteiger partial charge in [0.1, 0.15) is 6.61 Å². The third kappa shape index (κ3) is 6.79. The number of carbonyl (C=O) groups is 1. The Kier molecular flexibility index (Phi) is 7.69. The maximum atomic E-state index is 11.2. The molecule has 0 atom stereocenters. The third-order valence-electron chi connectivity index (χ3n) is 3.60. The van der Waals surface area contributed by atoms with E-state index in [2.05, 4.69) is 27.5 Å². The summed E-state index contributed by atoms with van der Waals surface area (Å²) in [7, 11) is 0. The molecule has 2 rings (SSSR count). The van der Waals surface area contributed by atoms with E-state index in [4.69, 9.17) is 4.74 Å². The standard InChI is InChI=1S/C19H26N4O2/c1-3-4-5-9-12-20-18-17(13-21-19(23-18)22-15(2)24)25-14-16-10-7-6-8-11-16/h6-8,10-11,13H,3-5,9,12,14H2,1-2H3,(H2,20,21,22,23,24). The maximum absolute atomic E-state index is 11.2. The van der Waals surface area contributed by atoms with Gasteiger partial charge in [-0.3, -0.25) is 10.1 Å². The van der Waals surface area contributed by atoms with Crippen LogP contribution in [0.15, 0.2) is 36.5 Å². The summed E-state index contributed by atoms with van der Waals surface area (Å²) >= 11 is 0. The van der Waals surface area contributed by atoms with E-state index in [1.807, 2.05) is 30.3 Å². The van der Waals surface area contributed by atoms with Gasteiger partial charge in [0.05, 0.1) is 6.20 Å². The second-order valence-corrected chi connectivity index (χ2v) is 5.85. The molecular weight excluding hydrogens is 316 g/mol. The Morgan fingerprint density at radius 3 is 2.68 bits per heavy atom. The summed E-state index contributed by atoms with van der Waals surface area (Å²) < 4.78 is 5.86. The molecule has 0 bridgehead atoms. The number of ether oxygens (including phenoxy) is 1. The molecule has 0 fully saturated rings. The number of benzene rings is 1. The Morgan fingerprint density at radius 1 is 1.16 bits per heavy atom. The monoisotopic (exact) mass is 342 g/mol. The number of unbranched alkanes of at least 4 members (excludes halogenated alkanes) is 3. The molecule has 6 nitrogen and oxygen atoms in total. The molecule has 0 radical (unpaired) electrons. The van der Waals surface area contributed by atoms with Gasteiger partial charge in [-0.05, 0) is 12.0 Å². The Balaban J connectivity index is 2.03. The van der Waals surface area contributed by atoms with Crippen molar-refractivity contribution in [1.82, 2.24) is 9.97 Å². The second-order valence-electron chi connectivity index (χ2n) is 5.85. The zero-order valence-electron chi connectivity index (χ0n) is 14.9. The van der Waals surface area contributed by atoms with E-state index in [1.165, 1.54) is 26.2 Å². The predicted molar refractivity (Wildman–Crippen MR) is 99.7 cm³/mol. The molecule has 0 saturated heterocycles. The van der Waals surface area contributed by atoms with Crippen LogP contribution in [0.2, 0.25) is 0 Å². The van der Waals surface area contributed by atoms with E-state index >= 15 is 0 Å². The zero-order valence-corrected chi connectivity index (χ0v) is 14.9. The Hall–Kier alpha value is -2.63. The molecule has 2 aromatic rings. The molecule has 0 aliphatic carbocycles. The largest absolute Gasteiger partial charge is 0.483 e. The van der Waals surface area contributed by atoms with Crippen LogP contribution in [0.3, 0.4) is 0 Å². The van der Waals surface area contributed by atoms with Crippen molar-refractivity contribution < 1.29 is 9.53 Å². The van der Waals surface area contributed by atoms with E-state index in [-0.39, 0.29) is 11.9 Å². The van der Waals surface area contributed by atoms with Crippen LogP contribution in [-0.2, 0) is 11.4 Å². The fourth-order valence-electron chi connectivity index (χ4n) is 2.31. The van der Waals surface area contributed by atoms with Crippen molar-refractivity contribution >= 4 is 17.7 Å². The third-order valence-corrected chi connectivity index (χ3v) is 3.60. The van der Waals surface area contributed by atoms with Crippen LogP contribution in [-0.4, -0.2) is 22.4 Å². The smallest absolute Gasteiger partial charge is 0.231 e. The first-order valence-corrected chi connectivity index (χ1v) is 8.74. The van der Waals surface area contributed by atoms with Crippen LogP contribution in [0.5, 0.6) is 5.75 Å². The highest BCUT2D eigenvalue weighted by molar-refractivity contribution is 5.86. The molecule has 0 unspecified atom stereocenters. The van der Waals surface area contributed by atoms with Crippen molar-refractivity contribution in [3.05, 3.63) is 42.1 Å². The van der Waals surface area contributed by atoms with Crippen LogP contribution in [0.1, 0.15) is 45.1 Å². The van der Waals surface area contributed by atoms with Gasteiger partial charge in [-0.2, -0.15) is 4.98 Å². The maximum Gasteiger partial charge on any atom is 0.231 e. The molecule has 1 aromatic heterocycles. The van der Waals surface area contributed by atoms with Gasteiger partial charge in [0, 0.05) is 13.5 Å². The van der Waals surface area contributed by atoms with Gasteiger partial charge in [0.25, 0.3) is 0 Å². The van der Waals surface area contributed by atoms with E-state index in [9.17, 15) is 4.79 Å². The molecule has 25 heavy (non-hydrogen) atoms. The summed E-state index contributed by atoms with van der Waals surface area (Å²) in [6.07, 6.45) is 6.25. The summed E-state index contributed by atoms with van der Waals surface area (Å²) in [6.45, 7) is 4.86. The molecule has 6 heteroatoms. The fraction of sp³-hybridized carbons (Fsp3) is 0.421. The minimum Gasteiger partial charge on any atom is -0.483 e. The van der Waals surface area contributed by atoms with Gasteiger partial charge in [-0.25, -0.2) is 4.98 Å². The van der Waals surface area contributed by atoms with Gasteiger partial charge < -0.3 is 10.1 Å². The van der Waals surface area contributed by atoms with Gasteiger partial charge >= 0.3 is 0 Å². The molecule has 134 valence electrons. The molecule has 0 spiro atoms. The highest BCUT2D eigenvalue weighted by atomic mass is 16.5. The Morgan fingerprint density at radius 2 is 1.96 bits per heavy atom. The average Bonchev–Trinajstić information content (AvgIpc) is 2.61. The number of carbonyl (C=O) groups excluding carboxylic acids is 1. The van der Waals surface area contributed by atoms with Crippen LogP contribution in [0.25, 0.3) is 0 Å². The van der Waals surface area contributed by atoms with Crippen LogP contribution in [0, 0.1) is 0 Å². The average molecular weight is 342 g/mol. The molecule has 2 N–H and O–H groups in total. The first kappa shape index (κ1) is 18.7. The van der Waals surface area contributed by atoms with Gasteiger partial charge in [0.2, 0.25) is 11.9 Å². The Labute approximate surface area is 149 Å². The van der Waals surface area contributed by atoms with Crippen molar-refractivity contribution in [3.8, 4) is 5.75 Å². The highest BCUT2D eigenvalue weighted by Crippen LogP contribution is 2.23. The molecule has 0 aliphatic heterocycles. The normalized spacial score (nSPS) is 10.3. The number of nitrogens with one attached hydrogen (secondary N) is 2. The molecule has 0 saturated carbocycles.